The van der Waals surface area contributed by atoms with Crippen molar-refractivity contribution in [3.05, 3.63) is 59.0 Å². The number of aliphatic imine (C=N–C) groups is 1. The number of furan rings is 1. The average molecular weight is 329 g/mol. The van der Waals surface area contributed by atoms with E-state index in [1.807, 2.05) is 57.2 Å². The number of rotatable bonds is 7. The summed E-state index contributed by atoms with van der Waals surface area (Å²) in [6, 6.07) is 12.0. The number of hydrogen-bond acceptors (Lipinski definition) is 3. The molecule has 24 heavy (non-hydrogen) atoms. The van der Waals surface area contributed by atoms with Crippen LogP contribution in [0.4, 0.5) is 0 Å². The minimum Gasteiger partial charge on any atom is -0.466 e. The number of hydrogen-bond donors (Lipinski definition) is 3. The molecule has 0 spiro atoms. The van der Waals surface area contributed by atoms with Crippen LogP contribution in [0, 0.1) is 13.8 Å². The number of benzene rings is 1. The number of nitrogens with zero attached hydrogens (tertiary/aromatic N) is 1. The zero-order valence-electron chi connectivity index (χ0n) is 14.7. The summed E-state index contributed by atoms with van der Waals surface area (Å²) >= 11 is 0. The van der Waals surface area contributed by atoms with Gasteiger partial charge in [-0.1, -0.05) is 30.3 Å². The third kappa shape index (κ3) is 5.13. The van der Waals surface area contributed by atoms with Crippen molar-refractivity contribution in [1.29, 1.82) is 0 Å². The van der Waals surface area contributed by atoms with Crippen molar-refractivity contribution in [1.82, 2.24) is 10.6 Å². The monoisotopic (exact) mass is 329 g/mol. The van der Waals surface area contributed by atoms with Crippen molar-refractivity contribution in [3.63, 3.8) is 0 Å². The average Bonchev–Trinajstić information content (AvgIpc) is 2.91. The Morgan fingerprint density at radius 2 is 1.96 bits per heavy atom. The molecule has 2 rings (SSSR count). The molecule has 1 aromatic heterocycles. The summed E-state index contributed by atoms with van der Waals surface area (Å²) in [4.78, 5) is 4.61. The largest absolute Gasteiger partial charge is 0.466 e. The van der Waals surface area contributed by atoms with Crippen LogP contribution in [0.5, 0.6) is 0 Å². The lowest BCUT2D eigenvalue weighted by Gasteiger charge is -2.18. The van der Waals surface area contributed by atoms with E-state index in [4.69, 9.17) is 4.42 Å². The molecular weight excluding hydrogens is 302 g/mol. The molecule has 3 N–H and O–H groups in total. The van der Waals surface area contributed by atoms with Crippen LogP contribution >= 0.6 is 0 Å². The van der Waals surface area contributed by atoms with E-state index in [0.717, 1.165) is 35.2 Å². The van der Waals surface area contributed by atoms with Gasteiger partial charge in [-0.2, -0.15) is 0 Å². The highest BCUT2D eigenvalue weighted by Crippen LogP contribution is 2.15. The summed E-state index contributed by atoms with van der Waals surface area (Å²) in [5, 5.41) is 16.2. The lowest BCUT2D eigenvalue weighted by Crippen LogP contribution is -2.39. The molecule has 1 atom stereocenters. The summed E-state index contributed by atoms with van der Waals surface area (Å²) in [5.41, 5.74) is 2.20. The quantitative estimate of drug-likeness (QED) is 0.540. The van der Waals surface area contributed by atoms with Gasteiger partial charge in [-0.25, -0.2) is 4.99 Å². The first kappa shape index (κ1) is 18.1. The highest BCUT2D eigenvalue weighted by atomic mass is 16.3. The SMILES string of the molecule is CCNC(=NCc1cc(C)oc1C)NCC(CO)c1ccccc1. The van der Waals surface area contributed by atoms with Crippen LogP contribution in [0.2, 0.25) is 0 Å². The van der Waals surface area contributed by atoms with Gasteiger partial charge in [0, 0.05) is 24.6 Å². The fraction of sp³-hybridized carbons (Fsp3) is 0.421. The maximum atomic E-state index is 9.66. The molecule has 5 heteroatoms. The van der Waals surface area contributed by atoms with Crippen LogP contribution in [0.25, 0.3) is 0 Å². The first-order valence-electron chi connectivity index (χ1n) is 8.38. The fourth-order valence-electron chi connectivity index (χ4n) is 2.58. The molecule has 0 radical (unpaired) electrons. The van der Waals surface area contributed by atoms with E-state index in [2.05, 4.69) is 15.6 Å². The molecule has 130 valence electrons. The highest BCUT2D eigenvalue weighted by Gasteiger charge is 2.11. The van der Waals surface area contributed by atoms with Gasteiger partial charge < -0.3 is 20.2 Å². The van der Waals surface area contributed by atoms with Crippen molar-refractivity contribution in [3.8, 4) is 0 Å². The Bertz CT molecular complexity index is 650. The minimum absolute atomic E-state index is 0.0351. The third-order valence-electron chi connectivity index (χ3n) is 3.90. The second-order valence-electron chi connectivity index (χ2n) is 5.80. The summed E-state index contributed by atoms with van der Waals surface area (Å²) in [7, 11) is 0. The first-order valence-corrected chi connectivity index (χ1v) is 8.38. The number of aliphatic hydroxyl groups is 1. The zero-order chi connectivity index (χ0) is 17.4. The predicted octanol–water partition coefficient (Wildman–Crippen LogP) is 2.73. The van der Waals surface area contributed by atoms with Gasteiger partial charge in [0.1, 0.15) is 11.5 Å². The first-order chi connectivity index (χ1) is 11.6. The standard InChI is InChI=1S/C19H27N3O2/c1-4-20-19(21-11-17-10-14(2)24-15(17)3)22-12-18(13-23)16-8-6-5-7-9-16/h5-10,18,23H,4,11-13H2,1-3H3,(H2,20,21,22). The van der Waals surface area contributed by atoms with Gasteiger partial charge in [-0.15, -0.1) is 0 Å². The number of nitrogens with one attached hydrogen (secondary N) is 2. The molecule has 0 aliphatic rings. The minimum atomic E-state index is 0.0351. The molecule has 0 bridgehead atoms. The van der Waals surface area contributed by atoms with Gasteiger partial charge in [-0.3, -0.25) is 0 Å². The van der Waals surface area contributed by atoms with Crippen LogP contribution in [0.15, 0.2) is 45.8 Å². The Labute approximate surface area is 143 Å². The van der Waals surface area contributed by atoms with Gasteiger partial charge in [0.15, 0.2) is 5.96 Å². The number of aryl methyl sites for hydroxylation is 2. The van der Waals surface area contributed by atoms with E-state index >= 15 is 0 Å². The normalized spacial score (nSPS) is 12.9. The van der Waals surface area contributed by atoms with Gasteiger partial charge in [0.25, 0.3) is 0 Å². The van der Waals surface area contributed by atoms with Gasteiger partial charge in [-0.05, 0) is 32.4 Å². The number of guanidine groups is 1. The Balaban J connectivity index is 1.99. The highest BCUT2D eigenvalue weighted by molar-refractivity contribution is 5.79. The van der Waals surface area contributed by atoms with Crippen LogP contribution in [-0.2, 0) is 6.54 Å². The van der Waals surface area contributed by atoms with Crippen molar-refractivity contribution in [2.45, 2.75) is 33.2 Å². The molecule has 2 aromatic rings. The summed E-state index contributed by atoms with van der Waals surface area (Å²) in [5.74, 6) is 2.59. The summed E-state index contributed by atoms with van der Waals surface area (Å²) < 4.78 is 5.54. The maximum Gasteiger partial charge on any atom is 0.191 e. The van der Waals surface area contributed by atoms with E-state index in [-0.39, 0.29) is 12.5 Å². The van der Waals surface area contributed by atoms with Crippen LogP contribution in [0.3, 0.4) is 0 Å². The van der Waals surface area contributed by atoms with E-state index in [0.29, 0.717) is 13.1 Å². The molecule has 0 amide bonds. The molecule has 1 unspecified atom stereocenters. The summed E-state index contributed by atoms with van der Waals surface area (Å²) in [6.07, 6.45) is 0. The fourth-order valence-corrected chi connectivity index (χ4v) is 2.58. The molecule has 0 saturated carbocycles. The predicted molar refractivity (Wildman–Crippen MR) is 97.3 cm³/mol. The number of aliphatic hydroxyl groups excluding tert-OH is 1. The van der Waals surface area contributed by atoms with Crippen LogP contribution < -0.4 is 10.6 Å². The Kier molecular flexibility index (Phi) is 6.88. The van der Waals surface area contributed by atoms with Crippen LogP contribution in [-0.4, -0.2) is 30.8 Å². The topological polar surface area (TPSA) is 69.8 Å². The van der Waals surface area contributed by atoms with Gasteiger partial charge in [0.2, 0.25) is 0 Å². The molecule has 5 nitrogen and oxygen atoms in total. The third-order valence-corrected chi connectivity index (χ3v) is 3.90. The van der Waals surface area contributed by atoms with E-state index in [9.17, 15) is 5.11 Å². The van der Waals surface area contributed by atoms with Crippen molar-refractivity contribution in [2.24, 2.45) is 4.99 Å². The van der Waals surface area contributed by atoms with Crippen molar-refractivity contribution < 1.29 is 9.52 Å². The second-order valence-corrected chi connectivity index (χ2v) is 5.80. The Hall–Kier alpha value is -2.27. The Morgan fingerprint density at radius 1 is 1.21 bits per heavy atom. The summed E-state index contributed by atoms with van der Waals surface area (Å²) in [6.45, 7) is 7.99. The van der Waals surface area contributed by atoms with Crippen molar-refractivity contribution >= 4 is 5.96 Å². The molecule has 0 aliphatic heterocycles. The Morgan fingerprint density at radius 3 is 2.54 bits per heavy atom. The van der Waals surface area contributed by atoms with E-state index < -0.39 is 0 Å². The lowest BCUT2D eigenvalue weighted by atomic mass is 10.0. The molecule has 0 aliphatic carbocycles. The van der Waals surface area contributed by atoms with Crippen molar-refractivity contribution in [2.75, 3.05) is 19.7 Å². The molecule has 0 saturated heterocycles. The smallest absolute Gasteiger partial charge is 0.191 e. The van der Waals surface area contributed by atoms with Gasteiger partial charge in [0.05, 0.1) is 13.2 Å². The second kappa shape index (κ2) is 9.13. The zero-order valence-corrected chi connectivity index (χ0v) is 14.7. The van der Waals surface area contributed by atoms with Crippen LogP contribution in [0.1, 0.15) is 35.5 Å². The van der Waals surface area contributed by atoms with Gasteiger partial charge >= 0.3 is 0 Å². The molecular formula is C19H27N3O2. The molecule has 1 heterocycles. The van der Waals surface area contributed by atoms with E-state index in [1.165, 1.54) is 0 Å². The maximum absolute atomic E-state index is 9.66. The molecule has 1 aromatic carbocycles. The molecule has 0 fully saturated rings. The lowest BCUT2D eigenvalue weighted by molar-refractivity contribution is 0.265. The van der Waals surface area contributed by atoms with E-state index in [1.54, 1.807) is 0 Å².